The van der Waals surface area contributed by atoms with Gasteiger partial charge in [-0.3, -0.25) is 14.9 Å². The Kier molecular flexibility index (Phi) is 6.39. The Balaban J connectivity index is 0.00000220. The van der Waals surface area contributed by atoms with Crippen molar-refractivity contribution in [3.8, 4) is 0 Å². The second-order valence-corrected chi connectivity index (χ2v) is 5.34. The van der Waals surface area contributed by atoms with E-state index in [-0.39, 0.29) is 46.5 Å². The summed E-state index contributed by atoms with van der Waals surface area (Å²) < 4.78 is 0. The van der Waals surface area contributed by atoms with Crippen molar-refractivity contribution in [1.29, 1.82) is 0 Å². The van der Waals surface area contributed by atoms with E-state index in [4.69, 9.17) is 17.3 Å². The van der Waals surface area contributed by atoms with E-state index in [0.717, 1.165) is 19.3 Å². The van der Waals surface area contributed by atoms with Crippen LogP contribution in [0.1, 0.15) is 29.6 Å². The van der Waals surface area contributed by atoms with Crippen molar-refractivity contribution < 1.29 is 9.72 Å². The third-order valence-electron chi connectivity index (χ3n) is 3.69. The van der Waals surface area contributed by atoms with Crippen molar-refractivity contribution in [3.63, 3.8) is 0 Å². The Bertz CT molecular complexity index is 539. The van der Waals surface area contributed by atoms with Crippen molar-refractivity contribution in [2.45, 2.75) is 25.3 Å². The minimum absolute atomic E-state index is 0. The van der Waals surface area contributed by atoms with Gasteiger partial charge in [0, 0.05) is 18.2 Å². The van der Waals surface area contributed by atoms with Crippen LogP contribution in [0.15, 0.2) is 18.2 Å². The highest BCUT2D eigenvalue weighted by atomic mass is 35.5. The Labute approximate surface area is 133 Å². The average Bonchev–Trinajstić information content (AvgIpc) is 2.85. The van der Waals surface area contributed by atoms with E-state index >= 15 is 0 Å². The van der Waals surface area contributed by atoms with Gasteiger partial charge in [0.25, 0.3) is 11.6 Å². The average molecular weight is 334 g/mol. The number of nitrogens with zero attached hydrogens (tertiary/aromatic N) is 1. The Hall–Kier alpha value is -1.37. The van der Waals surface area contributed by atoms with Gasteiger partial charge in [-0.25, -0.2) is 0 Å². The number of hydrogen-bond donors (Lipinski definition) is 2. The monoisotopic (exact) mass is 333 g/mol. The number of hydrogen-bond acceptors (Lipinski definition) is 4. The van der Waals surface area contributed by atoms with Crippen LogP contribution in [0.3, 0.4) is 0 Å². The van der Waals surface area contributed by atoms with Crippen molar-refractivity contribution in [3.05, 3.63) is 38.9 Å². The van der Waals surface area contributed by atoms with Crippen molar-refractivity contribution in [1.82, 2.24) is 5.32 Å². The van der Waals surface area contributed by atoms with E-state index in [0.29, 0.717) is 6.54 Å². The predicted molar refractivity (Wildman–Crippen MR) is 83.0 cm³/mol. The van der Waals surface area contributed by atoms with Crippen LogP contribution in [-0.2, 0) is 0 Å². The van der Waals surface area contributed by atoms with Gasteiger partial charge in [0.05, 0.1) is 15.5 Å². The largest absolute Gasteiger partial charge is 0.349 e. The number of rotatable bonds is 4. The molecular weight excluding hydrogens is 317 g/mol. The molecule has 3 N–H and O–H groups in total. The van der Waals surface area contributed by atoms with Gasteiger partial charge in [0.15, 0.2) is 0 Å². The molecule has 0 radical (unpaired) electrons. The second-order valence-electron chi connectivity index (χ2n) is 4.93. The van der Waals surface area contributed by atoms with Crippen molar-refractivity contribution >= 4 is 35.6 Å². The number of carbonyl (C=O) groups is 1. The predicted octanol–water partition coefficient (Wildman–Crippen LogP) is 2.53. The zero-order chi connectivity index (χ0) is 14.7. The van der Waals surface area contributed by atoms with Gasteiger partial charge in [0.1, 0.15) is 0 Å². The quantitative estimate of drug-likeness (QED) is 0.653. The summed E-state index contributed by atoms with van der Waals surface area (Å²) in [4.78, 5) is 22.2. The van der Waals surface area contributed by atoms with Crippen LogP contribution in [0, 0.1) is 16.0 Å². The maximum atomic E-state index is 12.2. The first kappa shape index (κ1) is 17.7. The van der Waals surface area contributed by atoms with Gasteiger partial charge < -0.3 is 11.1 Å². The number of amides is 1. The highest BCUT2D eigenvalue weighted by molar-refractivity contribution is 6.34. The first-order chi connectivity index (χ1) is 9.52. The maximum Gasteiger partial charge on any atom is 0.270 e. The van der Waals surface area contributed by atoms with Crippen molar-refractivity contribution in [2.75, 3.05) is 6.54 Å². The smallest absolute Gasteiger partial charge is 0.270 e. The molecule has 1 saturated carbocycles. The van der Waals surface area contributed by atoms with Crippen molar-refractivity contribution in [2.24, 2.45) is 11.7 Å². The molecule has 2 unspecified atom stereocenters. The van der Waals surface area contributed by atoms with E-state index in [1.54, 1.807) is 0 Å². The van der Waals surface area contributed by atoms with E-state index < -0.39 is 4.92 Å². The molecule has 0 bridgehead atoms. The lowest BCUT2D eigenvalue weighted by atomic mass is 10.0. The third-order valence-corrected chi connectivity index (χ3v) is 4.00. The molecule has 2 atom stereocenters. The SMILES string of the molecule is Cl.NCC1CCCC1NC(=O)c1ccc([N+](=O)[O-])cc1Cl. The van der Waals surface area contributed by atoms with Crippen LogP contribution in [0.4, 0.5) is 5.69 Å². The Morgan fingerprint density at radius 3 is 2.76 bits per heavy atom. The highest BCUT2D eigenvalue weighted by Crippen LogP contribution is 2.26. The Morgan fingerprint density at radius 2 is 2.19 bits per heavy atom. The fourth-order valence-corrected chi connectivity index (χ4v) is 2.82. The van der Waals surface area contributed by atoms with Crippen LogP contribution < -0.4 is 11.1 Å². The molecule has 0 heterocycles. The number of carbonyl (C=O) groups excluding carboxylic acids is 1. The molecule has 1 aromatic carbocycles. The normalized spacial score (nSPS) is 20.7. The van der Waals surface area contributed by atoms with Gasteiger partial charge in [-0.05, 0) is 31.4 Å². The number of nitrogens with two attached hydrogens (primary N) is 1. The summed E-state index contributed by atoms with van der Waals surface area (Å²) in [5, 5.41) is 13.6. The topological polar surface area (TPSA) is 98.3 Å². The zero-order valence-corrected chi connectivity index (χ0v) is 12.8. The van der Waals surface area contributed by atoms with Gasteiger partial charge in [-0.1, -0.05) is 18.0 Å². The molecule has 0 aliphatic heterocycles. The summed E-state index contributed by atoms with van der Waals surface area (Å²) in [7, 11) is 0. The summed E-state index contributed by atoms with van der Waals surface area (Å²) in [6.45, 7) is 0.541. The van der Waals surface area contributed by atoms with E-state index in [1.807, 2.05) is 0 Å². The number of nitro benzene ring substituents is 1. The molecule has 1 aliphatic rings. The fourth-order valence-electron chi connectivity index (χ4n) is 2.56. The third kappa shape index (κ3) is 4.06. The molecule has 0 saturated heterocycles. The standard InChI is InChI=1S/C13H16ClN3O3.ClH/c14-11-6-9(17(19)20)4-5-10(11)13(18)16-12-3-1-2-8(12)7-15;/h4-6,8,12H,1-3,7,15H2,(H,16,18);1H. The molecule has 0 spiro atoms. The molecule has 6 nitrogen and oxygen atoms in total. The van der Waals surface area contributed by atoms with Crippen LogP contribution in [-0.4, -0.2) is 23.4 Å². The fraction of sp³-hybridized carbons (Fsp3) is 0.462. The molecule has 1 amide bonds. The maximum absolute atomic E-state index is 12.2. The summed E-state index contributed by atoms with van der Waals surface area (Å²) >= 11 is 5.93. The lowest BCUT2D eigenvalue weighted by Gasteiger charge is -2.19. The van der Waals surface area contributed by atoms with Gasteiger partial charge in [0.2, 0.25) is 0 Å². The molecule has 21 heavy (non-hydrogen) atoms. The Morgan fingerprint density at radius 1 is 1.48 bits per heavy atom. The van der Waals surface area contributed by atoms with Crippen LogP contribution in [0.5, 0.6) is 0 Å². The molecule has 1 aliphatic carbocycles. The lowest BCUT2D eigenvalue weighted by Crippen LogP contribution is -2.39. The van der Waals surface area contributed by atoms with Gasteiger partial charge in [-0.2, -0.15) is 0 Å². The number of benzene rings is 1. The molecule has 8 heteroatoms. The number of nitro groups is 1. The summed E-state index contributed by atoms with van der Waals surface area (Å²) in [5.74, 6) is -0.0222. The lowest BCUT2D eigenvalue weighted by molar-refractivity contribution is -0.384. The molecule has 1 aromatic rings. The van der Waals surface area contributed by atoms with Crippen LogP contribution >= 0.6 is 24.0 Å². The summed E-state index contributed by atoms with van der Waals surface area (Å²) in [6.07, 6.45) is 2.95. The summed E-state index contributed by atoms with van der Waals surface area (Å²) in [5.41, 5.74) is 5.79. The zero-order valence-electron chi connectivity index (χ0n) is 11.3. The molecule has 1 fully saturated rings. The minimum atomic E-state index is -0.547. The van der Waals surface area contributed by atoms with Gasteiger partial charge in [-0.15, -0.1) is 12.4 Å². The number of non-ortho nitro benzene ring substituents is 1. The summed E-state index contributed by atoms with van der Waals surface area (Å²) in [6, 6.07) is 3.89. The first-order valence-corrected chi connectivity index (χ1v) is 6.85. The highest BCUT2D eigenvalue weighted by Gasteiger charge is 2.28. The molecule has 116 valence electrons. The first-order valence-electron chi connectivity index (χ1n) is 6.47. The van der Waals surface area contributed by atoms with E-state index in [1.165, 1.54) is 18.2 Å². The van der Waals surface area contributed by atoms with E-state index in [9.17, 15) is 14.9 Å². The van der Waals surface area contributed by atoms with Gasteiger partial charge >= 0.3 is 0 Å². The van der Waals surface area contributed by atoms with E-state index in [2.05, 4.69) is 5.32 Å². The molecule has 2 rings (SSSR count). The molecular formula is C13H17Cl2N3O3. The molecule has 0 aromatic heterocycles. The minimum Gasteiger partial charge on any atom is -0.349 e. The second kappa shape index (κ2) is 7.59. The van der Waals surface area contributed by atoms with Crippen LogP contribution in [0.2, 0.25) is 5.02 Å². The number of nitrogens with one attached hydrogen (secondary N) is 1. The van der Waals surface area contributed by atoms with Crippen LogP contribution in [0.25, 0.3) is 0 Å². The number of halogens is 2.